The predicted molar refractivity (Wildman–Crippen MR) is 55.4 cm³/mol. The highest BCUT2D eigenvalue weighted by Gasteiger charge is 2.07. The van der Waals surface area contributed by atoms with Crippen molar-refractivity contribution in [1.29, 1.82) is 0 Å². The molecule has 6 nitrogen and oxygen atoms in total. The van der Waals surface area contributed by atoms with E-state index in [1.807, 2.05) is 13.8 Å². The summed E-state index contributed by atoms with van der Waals surface area (Å²) in [5.41, 5.74) is 0. The van der Waals surface area contributed by atoms with Crippen molar-refractivity contribution in [3.05, 3.63) is 5.89 Å². The van der Waals surface area contributed by atoms with Crippen molar-refractivity contribution < 1.29 is 9.21 Å². The summed E-state index contributed by atoms with van der Waals surface area (Å²) in [6, 6.07) is 0.533. The smallest absolute Gasteiger partial charge is 0.322 e. The molecule has 1 rings (SSSR count). The quantitative estimate of drug-likeness (QED) is 0.751. The molecular formula is C9H16N4O2. The topological polar surface area (TPSA) is 80.0 Å². The van der Waals surface area contributed by atoms with Crippen molar-refractivity contribution in [2.75, 3.05) is 11.9 Å². The Morgan fingerprint density at radius 2 is 2.20 bits per heavy atom. The second kappa shape index (κ2) is 5.45. The minimum absolute atomic E-state index is 0.133. The lowest BCUT2D eigenvalue weighted by atomic mass is 10.3. The van der Waals surface area contributed by atoms with Gasteiger partial charge in [0.2, 0.25) is 11.8 Å². The van der Waals surface area contributed by atoms with E-state index in [0.29, 0.717) is 24.9 Å². The van der Waals surface area contributed by atoms with Gasteiger partial charge in [0, 0.05) is 25.9 Å². The fourth-order valence-electron chi connectivity index (χ4n) is 1.00. The van der Waals surface area contributed by atoms with Crippen molar-refractivity contribution in [2.24, 2.45) is 0 Å². The molecule has 0 aliphatic rings. The van der Waals surface area contributed by atoms with Gasteiger partial charge in [0.15, 0.2) is 0 Å². The first-order valence-corrected chi connectivity index (χ1v) is 4.91. The number of rotatable bonds is 5. The summed E-state index contributed by atoms with van der Waals surface area (Å²) in [4.78, 5) is 11.3. The van der Waals surface area contributed by atoms with Crippen LogP contribution < -0.4 is 10.6 Å². The molecule has 0 fully saturated rings. The largest absolute Gasteiger partial charge is 0.408 e. The van der Waals surface area contributed by atoms with E-state index in [0.717, 1.165) is 0 Å². The molecule has 0 saturated carbocycles. The van der Waals surface area contributed by atoms with E-state index in [-0.39, 0.29) is 11.9 Å². The number of amides is 1. The molecule has 0 aromatic carbocycles. The van der Waals surface area contributed by atoms with Gasteiger partial charge in [-0.1, -0.05) is 18.9 Å². The monoisotopic (exact) mass is 212 g/mol. The molecule has 1 amide bonds. The zero-order valence-electron chi connectivity index (χ0n) is 9.20. The molecule has 0 aliphatic heterocycles. The Bertz CT molecular complexity index is 322. The Kier molecular flexibility index (Phi) is 4.23. The summed E-state index contributed by atoms with van der Waals surface area (Å²) < 4.78 is 5.01. The molecule has 0 unspecified atom stereocenters. The Morgan fingerprint density at radius 1 is 1.47 bits per heavy atom. The minimum atomic E-state index is -0.133. The average Bonchev–Trinajstić information content (AvgIpc) is 2.50. The molecular weight excluding hydrogens is 196 g/mol. The number of aromatic nitrogens is 2. The summed E-state index contributed by atoms with van der Waals surface area (Å²) in [6.07, 6.45) is 0.388. The van der Waals surface area contributed by atoms with Crippen molar-refractivity contribution in [3.63, 3.8) is 0 Å². The highest BCUT2D eigenvalue weighted by atomic mass is 16.4. The minimum Gasteiger partial charge on any atom is -0.408 e. The van der Waals surface area contributed by atoms with Crippen molar-refractivity contribution in [1.82, 2.24) is 15.5 Å². The zero-order chi connectivity index (χ0) is 11.3. The van der Waals surface area contributed by atoms with Crippen LogP contribution in [0.1, 0.15) is 26.2 Å². The number of nitrogens with zero attached hydrogens (tertiary/aromatic N) is 2. The van der Waals surface area contributed by atoms with Crippen LogP contribution in [0, 0.1) is 6.92 Å². The molecule has 2 N–H and O–H groups in total. The molecule has 1 aromatic rings. The second-order valence-electron chi connectivity index (χ2n) is 3.53. The first-order valence-electron chi connectivity index (χ1n) is 4.91. The van der Waals surface area contributed by atoms with E-state index >= 15 is 0 Å². The number of hydrogen-bond donors (Lipinski definition) is 2. The molecule has 1 aromatic heterocycles. The number of anilines is 1. The Balaban J connectivity index is 2.24. The van der Waals surface area contributed by atoms with Crippen molar-refractivity contribution >= 4 is 11.9 Å². The van der Waals surface area contributed by atoms with Gasteiger partial charge >= 0.3 is 6.01 Å². The number of hydrogen-bond acceptors (Lipinski definition) is 5. The van der Waals surface area contributed by atoms with Gasteiger partial charge in [-0.05, 0) is 0 Å². The van der Waals surface area contributed by atoms with Crippen molar-refractivity contribution in [2.45, 2.75) is 33.2 Å². The highest BCUT2D eigenvalue weighted by Crippen LogP contribution is 2.03. The van der Waals surface area contributed by atoms with Crippen LogP contribution in [-0.2, 0) is 4.79 Å². The van der Waals surface area contributed by atoms with E-state index < -0.39 is 0 Å². The molecule has 84 valence electrons. The predicted octanol–water partition coefficient (Wildman–Crippen LogP) is 0.705. The lowest BCUT2D eigenvalue weighted by Crippen LogP contribution is -2.27. The zero-order valence-corrected chi connectivity index (χ0v) is 9.20. The van der Waals surface area contributed by atoms with Crippen LogP contribution in [0.3, 0.4) is 0 Å². The maximum atomic E-state index is 11.3. The fourth-order valence-corrected chi connectivity index (χ4v) is 1.00. The van der Waals surface area contributed by atoms with Crippen LogP contribution >= 0.6 is 0 Å². The third kappa shape index (κ3) is 4.55. The van der Waals surface area contributed by atoms with E-state index in [1.165, 1.54) is 0 Å². The first-order chi connectivity index (χ1) is 7.08. The summed E-state index contributed by atoms with van der Waals surface area (Å²) in [5, 5.41) is 12.9. The van der Waals surface area contributed by atoms with Gasteiger partial charge in [0.25, 0.3) is 0 Å². The summed E-state index contributed by atoms with van der Waals surface area (Å²) in [5.74, 6) is 0.303. The Morgan fingerprint density at radius 3 is 2.73 bits per heavy atom. The third-order valence-electron chi connectivity index (χ3n) is 1.68. The number of carbonyl (C=O) groups is 1. The highest BCUT2D eigenvalue weighted by molar-refractivity contribution is 5.88. The third-order valence-corrected chi connectivity index (χ3v) is 1.68. The number of aryl methyl sites for hydroxylation is 1. The maximum absolute atomic E-state index is 11.3. The Hall–Kier alpha value is -1.43. The van der Waals surface area contributed by atoms with Gasteiger partial charge in [-0.15, -0.1) is 5.10 Å². The van der Waals surface area contributed by atoms with E-state index in [4.69, 9.17) is 4.42 Å². The lowest BCUT2D eigenvalue weighted by molar-refractivity contribution is -0.116. The molecule has 0 spiro atoms. The average molecular weight is 212 g/mol. The van der Waals surface area contributed by atoms with E-state index in [2.05, 4.69) is 20.8 Å². The van der Waals surface area contributed by atoms with Crippen LogP contribution in [0.4, 0.5) is 6.01 Å². The van der Waals surface area contributed by atoms with E-state index in [9.17, 15) is 4.79 Å². The van der Waals surface area contributed by atoms with Crippen LogP contribution in [0.15, 0.2) is 4.42 Å². The summed E-state index contributed by atoms with van der Waals surface area (Å²) >= 11 is 0. The number of nitrogens with one attached hydrogen (secondary N) is 2. The van der Waals surface area contributed by atoms with Crippen LogP contribution in [0.2, 0.25) is 0 Å². The van der Waals surface area contributed by atoms with Gasteiger partial charge in [0.05, 0.1) is 0 Å². The first kappa shape index (κ1) is 11.6. The van der Waals surface area contributed by atoms with Gasteiger partial charge in [-0.2, -0.15) is 0 Å². The molecule has 0 aliphatic carbocycles. The summed E-state index contributed by atoms with van der Waals surface area (Å²) in [7, 11) is 0. The maximum Gasteiger partial charge on any atom is 0.322 e. The molecule has 15 heavy (non-hydrogen) atoms. The SMILES string of the molecule is Cc1nnc(NC(=O)CCNC(C)C)o1. The van der Waals surface area contributed by atoms with E-state index in [1.54, 1.807) is 6.92 Å². The Labute approximate surface area is 88.4 Å². The molecule has 1 heterocycles. The summed E-state index contributed by atoms with van der Waals surface area (Å²) in [6.45, 7) is 6.36. The molecule has 0 radical (unpaired) electrons. The van der Waals surface area contributed by atoms with Gasteiger partial charge < -0.3 is 9.73 Å². The van der Waals surface area contributed by atoms with Gasteiger partial charge in [-0.3, -0.25) is 10.1 Å². The van der Waals surface area contributed by atoms with Crippen LogP contribution in [-0.4, -0.2) is 28.7 Å². The molecule has 0 bridgehead atoms. The standard InChI is InChI=1S/C9H16N4O2/c1-6(2)10-5-4-8(14)11-9-13-12-7(3)15-9/h6,10H,4-5H2,1-3H3,(H,11,13,14). The lowest BCUT2D eigenvalue weighted by Gasteiger charge is -2.06. The molecule has 6 heteroatoms. The fraction of sp³-hybridized carbons (Fsp3) is 0.667. The van der Waals surface area contributed by atoms with Crippen LogP contribution in [0.5, 0.6) is 0 Å². The van der Waals surface area contributed by atoms with Gasteiger partial charge in [-0.25, -0.2) is 0 Å². The molecule has 0 saturated heterocycles. The normalized spacial score (nSPS) is 10.7. The number of carbonyl (C=O) groups excluding carboxylic acids is 1. The molecule has 0 atom stereocenters. The second-order valence-corrected chi connectivity index (χ2v) is 3.53. The van der Waals surface area contributed by atoms with Gasteiger partial charge in [0.1, 0.15) is 0 Å². The van der Waals surface area contributed by atoms with Crippen molar-refractivity contribution in [3.8, 4) is 0 Å². The van der Waals surface area contributed by atoms with Crippen LogP contribution in [0.25, 0.3) is 0 Å².